The molecule has 1 aromatic heterocycles. The number of methoxy groups -OCH3 is 1. The Balaban J connectivity index is 0.00000220. The van der Waals surface area contributed by atoms with E-state index in [1.807, 2.05) is 35.9 Å². The molecule has 0 amide bonds. The number of phenols is 1. The summed E-state index contributed by atoms with van der Waals surface area (Å²) >= 11 is 1.61. The first-order valence-corrected chi connectivity index (χ1v) is 6.98. The fourth-order valence-corrected chi connectivity index (χ4v) is 2.60. The highest BCUT2D eigenvalue weighted by atomic mass is 79.9. The molecular formula is C15H17BrN2O2S. The first-order valence-electron chi connectivity index (χ1n) is 6.17. The molecule has 0 spiro atoms. The maximum atomic E-state index is 9.62. The van der Waals surface area contributed by atoms with Gasteiger partial charge in [-0.25, -0.2) is 0 Å². The Labute approximate surface area is 138 Å². The summed E-state index contributed by atoms with van der Waals surface area (Å²) in [5, 5.41) is 16.1. The van der Waals surface area contributed by atoms with Gasteiger partial charge in [-0.3, -0.25) is 0 Å². The zero-order chi connectivity index (χ0) is 14.5. The molecule has 0 saturated carbocycles. The van der Waals surface area contributed by atoms with E-state index < -0.39 is 0 Å². The maximum Gasteiger partial charge on any atom is 0.289 e. The van der Waals surface area contributed by atoms with E-state index in [-0.39, 0.29) is 22.7 Å². The SMILES string of the molecule is C=CC[n+]1nc(C)sc1/C=C/c1cc(O)cc(OC)c1.[Br-]. The van der Waals surface area contributed by atoms with Gasteiger partial charge < -0.3 is 26.8 Å². The lowest BCUT2D eigenvalue weighted by Gasteiger charge is -2.01. The molecule has 0 atom stereocenters. The molecule has 1 aromatic carbocycles. The van der Waals surface area contributed by atoms with Crippen molar-refractivity contribution in [1.82, 2.24) is 5.10 Å². The van der Waals surface area contributed by atoms with E-state index in [1.54, 1.807) is 30.6 Å². The number of aromatic hydroxyl groups is 1. The van der Waals surface area contributed by atoms with Crippen molar-refractivity contribution in [2.45, 2.75) is 13.5 Å². The molecule has 0 aliphatic rings. The van der Waals surface area contributed by atoms with Crippen molar-refractivity contribution in [2.24, 2.45) is 0 Å². The largest absolute Gasteiger partial charge is 1.00 e. The van der Waals surface area contributed by atoms with E-state index in [4.69, 9.17) is 4.74 Å². The first-order chi connectivity index (χ1) is 9.62. The Morgan fingerprint density at radius 2 is 2.14 bits per heavy atom. The molecule has 1 N–H and O–H groups in total. The Kier molecular flexibility index (Phi) is 6.58. The second-order valence-corrected chi connectivity index (χ2v) is 5.44. The second-order valence-electron chi connectivity index (χ2n) is 4.23. The van der Waals surface area contributed by atoms with Gasteiger partial charge in [-0.05, 0) is 48.1 Å². The van der Waals surface area contributed by atoms with Crippen molar-refractivity contribution >= 4 is 23.5 Å². The van der Waals surface area contributed by atoms with Gasteiger partial charge in [-0.1, -0.05) is 11.3 Å². The van der Waals surface area contributed by atoms with E-state index in [1.165, 1.54) is 0 Å². The van der Waals surface area contributed by atoms with Crippen LogP contribution in [0.3, 0.4) is 0 Å². The molecule has 0 unspecified atom stereocenters. The fourth-order valence-electron chi connectivity index (χ4n) is 1.80. The van der Waals surface area contributed by atoms with E-state index in [9.17, 15) is 5.11 Å². The minimum atomic E-state index is 0. The van der Waals surface area contributed by atoms with Gasteiger partial charge in [0, 0.05) is 17.2 Å². The highest BCUT2D eigenvalue weighted by Crippen LogP contribution is 2.23. The summed E-state index contributed by atoms with van der Waals surface area (Å²) in [6.45, 7) is 6.37. The van der Waals surface area contributed by atoms with Crippen LogP contribution in [0.4, 0.5) is 0 Å². The summed E-state index contributed by atoms with van der Waals surface area (Å²) in [7, 11) is 1.58. The standard InChI is InChI=1S/C15H16N2O2S.BrH/c1-4-7-17-15(20-11(2)16-17)6-5-12-8-13(18)10-14(9-12)19-3;/h4-6,8-10H,1,7H2,2-3H3;1H/b6-5+;. The molecule has 0 aliphatic heterocycles. The maximum absolute atomic E-state index is 9.62. The van der Waals surface area contributed by atoms with Crippen LogP contribution in [0.2, 0.25) is 0 Å². The third-order valence-electron chi connectivity index (χ3n) is 2.64. The third kappa shape index (κ3) is 4.68. The first kappa shape index (κ1) is 17.4. The molecule has 0 fully saturated rings. The molecule has 2 rings (SSSR count). The average molecular weight is 369 g/mol. The Morgan fingerprint density at radius 1 is 1.38 bits per heavy atom. The molecule has 6 heteroatoms. The van der Waals surface area contributed by atoms with Crippen LogP contribution < -0.4 is 26.4 Å². The van der Waals surface area contributed by atoms with Gasteiger partial charge in [0.05, 0.1) is 7.11 Å². The van der Waals surface area contributed by atoms with Crippen molar-refractivity contribution < 1.29 is 31.5 Å². The lowest BCUT2D eigenvalue weighted by atomic mass is 10.2. The fraction of sp³-hybridized carbons (Fsp3) is 0.200. The van der Waals surface area contributed by atoms with Crippen LogP contribution in [0.5, 0.6) is 11.5 Å². The molecule has 1 heterocycles. The van der Waals surface area contributed by atoms with Crippen molar-refractivity contribution in [2.75, 3.05) is 7.11 Å². The highest BCUT2D eigenvalue weighted by Gasteiger charge is 2.13. The number of hydrogen-bond donors (Lipinski definition) is 1. The summed E-state index contributed by atoms with van der Waals surface area (Å²) in [5.41, 5.74) is 0.873. The zero-order valence-corrected chi connectivity index (χ0v) is 14.3. The smallest absolute Gasteiger partial charge is 0.289 e. The third-order valence-corrected chi connectivity index (χ3v) is 3.57. The van der Waals surface area contributed by atoms with Gasteiger partial charge >= 0.3 is 0 Å². The lowest BCUT2D eigenvalue weighted by molar-refractivity contribution is -0.741. The predicted octanol–water partition coefficient (Wildman–Crippen LogP) is -0.186. The quantitative estimate of drug-likeness (QED) is 0.587. The van der Waals surface area contributed by atoms with E-state index >= 15 is 0 Å². The number of hydrogen-bond acceptors (Lipinski definition) is 4. The molecule has 0 saturated heterocycles. The zero-order valence-electron chi connectivity index (χ0n) is 11.9. The number of ether oxygens (including phenoxy) is 1. The molecular weight excluding hydrogens is 352 g/mol. The Morgan fingerprint density at radius 3 is 2.81 bits per heavy atom. The van der Waals surface area contributed by atoms with Crippen LogP contribution in [0.25, 0.3) is 12.2 Å². The summed E-state index contributed by atoms with van der Waals surface area (Å²) < 4.78 is 7.02. The average Bonchev–Trinajstić information content (AvgIpc) is 2.76. The van der Waals surface area contributed by atoms with Crippen LogP contribution in [-0.2, 0) is 6.54 Å². The predicted molar refractivity (Wildman–Crippen MR) is 80.8 cm³/mol. The number of phenolic OH excluding ortho intramolecular Hbond substituents is 1. The summed E-state index contributed by atoms with van der Waals surface area (Å²) in [6.07, 6.45) is 5.71. The molecule has 0 bridgehead atoms. The Bertz CT molecular complexity index is 653. The van der Waals surface area contributed by atoms with Crippen LogP contribution >= 0.6 is 11.3 Å². The number of nitrogens with zero attached hydrogens (tertiary/aromatic N) is 2. The molecule has 0 radical (unpaired) electrons. The van der Waals surface area contributed by atoms with E-state index in [2.05, 4.69) is 11.7 Å². The lowest BCUT2D eigenvalue weighted by Crippen LogP contribution is -3.00. The van der Waals surface area contributed by atoms with Gasteiger partial charge in [0.15, 0.2) is 11.6 Å². The van der Waals surface area contributed by atoms with Crippen LogP contribution in [-0.4, -0.2) is 17.3 Å². The normalized spacial score (nSPS) is 10.4. The number of allylic oxidation sites excluding steroid dienone is 1. The number of halogens is 1. The number of rotatable bonds is 5. The van der Waals surface area contributed by atoms with Crippen molar-refractivity contribution in [1.29, 1.82) is 0 Å². The molecule has 112 valence electrons. The minimum absolute atomic E-state index is 0. The van der Waals surface area contributed by atoms with Gasteiger partial charge in [0.2, 0.25) is 0 Å². The number of benzene rings is 1. The molecule has 0 aliphatic carbocycles. The van der Waals surface area contributed by atoms with Gasteiger partial charge in [-0.15, -0.1) is 0 Å². The monoisotopic (exact) mass is 368 g/mol. The highest BCUT2D eigenvalue weighted by molar-refractivity contribution is 7.11. The van der Waals surface area contributed by atoms with E-state index in [0.717, 1.165) is 15.6 Å². The molecule has 4 nitrogen and oxygen atoms in total. The van der Waals surface area contributed by atoms with Crippen molar-refractivity contribution in [3.63, 3.8) is 0 Å². The minimum Gasteiger partial charge on any atom is -1.00 e. The van der Waals surface area contributed by atoms with Gasteiger partial charge in [0.25, 0.3) is 5.01 Å². The van der Waals surface area contributed by atoms with E-state index in [0.29, 0.717) is 12.3 Å². The second kappa shape index (κ2) is 7.95. The van der Waals surface area contributed by atoms with Crippen molar-refractivity contribution in [3.8, 4) is 11.5 Å². The molecule has 21 heavy (non-hydrogen) atoms. The van der Waals surface area contributed by atoms with Crippen LogP contribution in [0.15, 0.2) is 30.9 Å². The van der Waals surface area contributed by atoms with Gasteiger partial charge in [-0.2, -0.15) is 0 Å². The number of aromatic nitrogens is 2. The molecule has 2 aromatic rings. The summed E-state index contributed by atoms with van der Waals surface area (Å²) in [6, 6.07) is 5.12. The van der Waals surface area contributed by atoms with Crippen molar-refractivity contribution in [3.05, 3.63) is 46.4 Å². The topological polar surface area (TPSA) is 46.2 Å². The summed E-state index contributed by atoms with van der Waals surface area (Å²) in [5.74, 6) is 0.813. The van der Waals surface area contributed by atoms with Crippen LogP contribution in [0.1, 0.15) is 15.6 Å². The Hall–Kier alpha value is -1.66. The number of aryl methyl sites for hydroxylation is 1. The van der Waals surface area contributed by atoms with Gasteiger partial charge in [0.1, 0.15) is 11.5 Å². The summed E-state index contributed by atoms with van der Waals surface area (Å²) in [4.78, 5) is 0. The van der Waals surface area contributed by atoms with Crippen LogP contribution in [0, 0.1) is 6.92 Å².